The van der Waals surface area contributed by atoms with Crippen LogP contribution in [0.4, 0.5) is 5.69 Å². The number of hydrogen-bond acceptors (Lipinski definition) is 6. The van der Waals surface area contributed by atoms with Crippen molar-refractivity contribution in [2.75, 3.05) is 50.8 Å². The van der Waals surface area contributed by atoms with Crippen molar-refractivity contribution < 1.29 is 13.5 Å². The average molecular weight is 314 g/mol. The molecule has 0 saturated carbocycles. The van der Waals surface area contributed by atoms with Gasteiger partial charge in [-0.1, -0.05) is 6.92 Å². The highest BCUT2D eigenvalue weighted by Gasteiger charge is 2.24. The minimum absolute atomic E-state index is 0.148. The molecule has 0 aliphatic carbocycles. The van der Waals surface area contributed by atoms with Crippen LogP contribution in [0.1, 0.15) is 6.92 Å². The molecule has 1 aromatic heterocycles. The van der Waals surface area contributed by atoms with E-state index in [9.17, 15) is 8.42 Å². The van der Waals surface area contributed by atoms with Crippen LogP contribution in [0.3, 0.4) is 0 Å². The highest BCUT2D eigenvalue weighted by atomic mass is 32.2. The molecule has 0 spiro atoms. The number of β-amino-alcohol motifs (C(OH)–C–C–N with tert-alkyl or cyclic N) is 1. The molecule has 2 rings (SSSR count). The molecule has 8 heteroatoms. The Bertz CT molecular complexity index is 556. The number of aromatic nitrogens is 1. The topological polar surface area (TPSA) is 85.8 Å². The van der Waals surface area contributed by atoms with Crippen molar-refractivity contribution in [3.05, 3.63) is 18.5 Å². The van der Waals surface area contributed by atoms with E-state index in [2.05, 4.69) is 19.5 Å². The van der Waals surface area contributed by atoms with Crippen molar-refractivity contribution in [1.82, 2.24) is 14.6 Å². The number of aliphatic hydroxyl groups is 1. The van der Waals surface area contributed by atoms with Crippen LogP contribution in [0.25, 0.3) is 0 Å². The third-order valence-corrected chi connectivity index (χ3v) is 5.08. The molecule has 21 heavy (non-hydrogen) atoms. The lowest BCUT2D eigenvalue weighted by molar-refractivity contribution is 0.188. The third kappa shape index (κ3) is 3.91. The van der Waals surface area contributed by atoms with E-state index < -0.39 is 10.0 Å². The summed E-state index contributed by atoms with van der Waals surface area (Å²) in [5.74, 6) is 0. The van der Waals surface area contributed by atoms with Gasteiger partial charge >= 0.3 is 0 Å². The van der Waals surface area contributed by atoms with E-state index in [1.165, 1.54) is 6.20 Å². The first kappa shape index (κ1) is 16.2. The zero-order valence-electron chi connectivity index (χ0n) is 12.2. The number of piperazine rings is 1. The zero-order valence-corrected chi connectivity index (χ0v) is 13.0. The quantitative estimate of drug-likeness (QED) is 0.736. The fraction of sp³-hybridized carbons (Fsp3) is 0.615. The zero-order chi connectivity index (χ0) is 15.3. The van der Waals surface area contributed by atoms with Gasteiger partial charge in [0.1, 0.15) is 4.90 Å². The van der Waals surface area contributed by atoms with Gasteiger partial charge in [0.05, 0.1) is 12.3 Å². The Morgan fingerprint density at radius 2 is 2.05 bits per heavy atom. The monoisotopic (exact) mass is 314 g/mol. The summed E-state index contributed by atoms with van der Waals surface area (Å²) in [6.45, 7) is 5.99. The SMILES string of the molecule is CCNS(=O)(=O)c1cnccc1N1CCN(CCO)CC1. The molecule has 1 aliphatic rings. The van der Waals surface area contributed by atoms with Gasteiger partial charge in [-0.2, -0.15) is 0 Å². The van der Waals surface area contributed by atoms with Crippen LogP contribution in [0.15, 0.2) is 23.4 Å². The first-order valence-corrected chi connectivity index (χ1v) is 8.58. The van der Waals surface area contributed by atoms with E-state index >= 15 is 0 Å². The second-order valence-corrected chi connectivity index (χ2v) is 6.63. The van der Waals surface area contributed by atoms with Gasteiger partial charge in [-0.3, -0.25) is 9.88 Å². The van der Waals surface area contributed by atoms with E-state index in [0.717, 1.165) is 26.2 Å². The molecule has 0 aromatic carbocycles. The molecule has 1 aliphatic heterocycles. The molecule has 1 saturated heterocycles. The van der Waals surface area contributed by atoms with Gasteiger partial charge in [0.15, 0.2) is 0 Å². The number of nitrogens with one attached hydrogen (secondary N) is 1. The van der Waals surface area contributed by atoms with Crippen molar-refractivity contribution >= 4 is 15.7 Å². The number of nitrogens with zero attached hydrogens (tertiary/aromatic N) is 3. The first-order valence-electron chi connectivity index (χ1n) is 7.10. The van der Waals surface area contributed by atoms with Gasteiger partial charge in [-0.15, -0.1) is 0 Å². The summed E-state index contributed by atoms with van der Waals surface area (Å²) < 4.78 is 27.0. The number of hydrogen-bond donors (Lipinski definition) is 2. The van der Waals surface area contributed by atoms with Gasteiger partial charge < -0.3 is 10.0 Å². The first-order chi connectivity index (χ1) is 10.1. The molecule has 2 heterocycles. The smallest absolute Gasteiger partial charge is 0.244 e. The molecule has 7 nitrogen and oxygen atoms in total. The molecule has 0 unspecified atom stereocenters. The molecule has 2 N–H and O–H groups in total. The Balaban J connectivity index is 2.18. The Morgan fingerprint density at radius 3 is 2.67 bits per heavy atom. The maximum absolute atomic E-state index is 12.2. The maximum Gasteiger partial charge on any atom is 0.244 e. The summed E-state index contributed by atoms with van der Waals surface area (Å²) in [7, 11) is -3.52. The summed E-state index contributed by atoms with van der Waals surface area (Å²) in [4.78, 5) is 8.39. The summed E-state index contributed by atoms with van der Waals surface area (Å²) in [5, 5.41) is 8.96. The second kappa shape index (κ2) is 7.17. The van der Waals surface area contributed by atoms with Gasteiger partial charge in [0.2, 0.25) is 10.0 Å². The van der Waals surface area contributed by atoms with Gasteiger partial charge in [0, 0.05) is 51.7 Å². The lowest BCUT2D eigenvalue weighted by Crippen LogP contribution is -2.47. The molecular weight excluding hydrogens is 292 g/mol. The standard InChI is InChI=1S/C13H22N4O3S/c1-2-15-21(19,20)13-11-14-4-3-12(13)17-7-5-16(6-8-17)9-10-18/h3-4,11,15,18H,2,5-10H2,1H3. The highest BCUT2D eigenvalue weighted by Crippen LogP contribution is 2.24. The van der Waals surface area contributed by atoms with Crippen LogP contribution < -0.4 is 9.62 Å². The number of rotatable bonds is 6. The molecule has 0 radical (unpaired) electrons. The van der Waals surface area contributed by atoms with Crippen LogP contribution in [0.5, 0.6) is 0 Å². The van der Waals surface area contributed by atoms with Gasteiger partial charge in [-0.25, -0.2) is 13.1 Å². The molecule has 118 valence electrons. The van der Waals surface area contributed by atoms with Crippen LogP contribution in [0.2, 0.25) is 0 Å². The number of pyridine rings is 1. The third-order valence-electron chi connectivity index (χ3n) is 3.52. The van der Waals surface area contributed by atoms with E-state index in [0.29, 0.717) is 18.8 Å². The lowest BCUT2D eigenvalue weighted by Gasteiger charge is -2.36. The van der Waals surface area contributed by atoms with Gasteiger partial charge in [-0.05, 0) is 6.07 Å². The second-order valence-electron chi connectivity index (χ2n) is 4.90. The number of sulfonamides is 1. The van der Waals surface area contributed by atoms with Crippen LogP contribution in [-0.2, 0) is 10.0 Å². The van der Waals surface area contributed by atoms with Crippen molar-refractivity contribution in [2.24, 2.45) is 0 Å². The van der Waals surface area contributed by atoms with Crippen molar-refractivity contribution in [1.29, 1.82) is 0 Å². The van der Waals surface area contributed by atoms with Crippen molar-refractivity contribution in [3.8, 4) is 0 Å². The Kier molecular flexibility index (Phi) is 5.51. The van der Waals surface area contributed by atoms with E-state index in [4.69, 9.17) is 5.11 Å². The molecule has 0 atom stereocenters. The molecule has 0 amide bonds. The average Bonchev–Trinajstić information content (AvgIpc) is 2.48. The maximum atomic E-state index is 12.2. The summed E-state index contributed by atoms with van der Waals surface area (Å²) >= 11 is 0. The molecule has 1 fully saturated rings. The minimum Gasteiger partial charge on any atom is -0.395 e. The van der Waals surface area contributed by atoms with E-state index in [1.54, 1.807) is 19.2 Å². The largest absolute Gasteiger partial charge is 0.395 e. The fourth-order valence-corrected chi connectivity index (χ4v) is 3.67. The van der Waals surface area contributed by atoms with Crippen LogP contribution in [0, 0.1) is 0 Å². The lowest BCUT2D eigenvalue weighted by atomic mass is 10.2. The molecular formula is C13H22N4O3S. The molecule has 1 aromatic rings. The Labute approximate surface area is 125 Å². The van der Waals surface area contributed by atoms with E-state index in [-0.39, 0.29) is 11.5 Å². The summed E-state index contributed by atoms with van der Waals surface area (Å²) in [6.07, 6.45) is 3.01. The van der Waals surface area contributed by atoms with Crippen LogP contribution in [-0.4, -0.2) is 69.3 Å². The van der Waals surface area contributed by atoms with Crippen LogP contribution >= 0.6 is 0 Å². The van der Waals surface area contributed by atoms with Crippen molar-refractivity contribution in [3.63, 3.8) is 0 Å². The Morgan fingerprint density at radius 1 is 1.33 bits per heavy atom. The van der Waals surface area contributed by atoms with Crippen molar-refractivity contribution in [2.45, 2.75) is 11.8 Å². The summed E-state index contributed by atoms with van der Waals surface area (Å²) in [5.41, 5.74) is 0.689. The fourth-order valence-electron chi connectivity index (χ4n) is 2.46. The normalized spacial score (nSPS) is 17.1. The Hall–Kier alpha value is -1.22. The summed E-state index contributed by atoms with van der Waals surface area (Å²) in [6, 6.07) is 1.74. The predicted octanol–water partition coefficient (Wildman–Crippen LogP) is -0.506. The number of anilines is 1. The van der Waals surface area contributed by atoms with E-state index in [1.807, 2.05) is 0 Å². The van der Waals surface area contributed by atoms with Gasteiger partial charge in [0.25, 0.3) is 0 Å². The highest BCUT2D eigenvalue weighted by molar-refractivity contribution is 7.89. The predicted molar refractivity (Wildman–Crippen MR) is 80.8 cm³/mol. The number of aliphatic hydroxyl groups excluding tert-OH is 1. The molecule has 0 bridgehead atoms. The minimum atomic E-state index is -3.52.